The van der Waals surface area contributed by atoms with Crippen molar-refractivity contribution in [2.75, 3.05) is 23.4 Å². The molecule has 0 fully saturated rings. The molecule has 0 aliphatic carbocycles. The molecular formula is C22H24N2O5. The Morgan fingerprint density at radius 1 is 1.21 bits per heavy atom. The lowest BCUT2D eigenvalue weighted by Gasteiger charge is -2.29. The second-order valence-corrected chi connectivity index (χ2v) is 7.14. The summed E-state index contributed by atoms with van der Waals surface area (Å²) in [6.45, 7) is 5.67. The van der Waals surface area contributed by atoms with E-state index in [2.05, 4.69) is 5.32 Å². The molecule has 0 aromatic heterocycles. The van der Waals surface area contributed by atoms with E-state index in [1.54, 1.807) is 43.0 Å². The van der Waals surface area contributed by atoms with Crippen molar-refractivity contribution in [3.63, 3.8) is 0 Å². The fraction of sp³-hybridized carbons (Fsp3) is 0.318. The molecule has 0 radical (unpaired) electrons. The summed E-state index contributed by atoms with van der Waals surface area (Å²) < 4.78 is 10.6. The molecule has 152 valence electrons. The number of hydrogen-bond acceptors (Lipinski definition) is 5. The van der Waals surface area contributed by atoms with Crippen LogP contribution < -0.4 is 15.0 Å². The Labute approximate surface area is 169 Å². The summed E-state index contributed by atoms with van der Waals surface area (Å²) in [5.74, 6) is -0.254. The van der Waals surface area contributed by atoms with E-state index in [9.17, 15) is 14.4 Å². The third-order valence-electron chi connectivity index (χ3n) is 4.34. The summed E-state index contributed by atoms with van der Waals surface area (Å²) in [7, 11) is 0. The standard InChI is InChI=1S/C22H24N2O5/c1-14(2)29-22(27)16-5-4-6-17(12-16)23-20(25)9-10-24-18-11-15(3)7-8-19(18)28-13-21(24)26/h4-8,11-12,14H,9-10,13H2,1-3H3,(H,23,25). The summed E-state index contributed by atoms with van der Waals surface area (Å²) in [4.78, 5) is 38.3. The predicted octanol–water partition coefficient (Wildman–Crippen LogP) is 3.31. The topological polar surface area (TPSA) is 84.9 Å². The number of nitrogens with zero attached hydrogens (tertiary/aromatic N) is 1. The number of esters is 1. The van der Waals surface area contributed by atoms with Crippen molar-refractivity contribution in [2.45, 2.75) is 33.3 Å². The Kier molecular flexibility index (Phi) is 6.16. The summed E-state index contributed by atoms with van der Waals surface area (Å²) in [6.07, 6.45) is -0.113. The molecule has 1 aliphatic heterocycles. The van der Waals surface area contributed by atoms with Gasteiger partial charge < -0.3 is 19.7 Å². The van der Waals surface area contributed by atoms with Gasteiger partial charge in [-0.05, 0) is 56.7 Å². The first kappa shape index (κ1) is 20.4. The molecule has 2 aromatic carbocycles. The molecule has 0 spiro atoms. The van der Waals surface area contributed by atoms with Crippen molar-refractivity contribution in [1.29, 1.82) is 0 Å². The smallest absolute Gasteiger partial charge is 0.338 e. The first-order valence-electron chi connectivity index (χ1n) is 9.48. The van der Waals surface area contributed by atoms with Gasteiger partial charge in [0.2, 0.25) is 5.91 Å². The van der Waals surface area contributed by atoms with Gasteiger partial charge >= 0.3 is 5.97 Å². The van der Waals surface area contributed by atoms with Crippen LogP contribution in [0.15, 0.2) is 42.5 Å². The Bertz CT molecular complexity index is 939. The number of carbonyl (C=O) groups is 3. The number of rotatable bonds is 6. The summed E-state index contributed by atoms with van der Waals surface area (Å²) >= 11 is 0. The largest absolute Gasteiger partial charge is 0.482 e. The molecule has 0 saturated heterocycles. The van der Waals surface area contributed by atoms with Gasteiger partial charge in [-0.15, -0.1) is 0 Å². The van der Waals surface area contributed by atoms with Crippen LogP contribution in [0.1, 0.15) is 36.2 Å². The Morgan fingerprint density at radius 3 is 2.76 bits per heavy atom. The number of hydrogen-bond donors (Lipinski definition) is 1. The minimum Gasteiger partial charge on any atom is -0.482 e. The maximum Gasteiger partial charge on any atom is 0.338 e. The third-order valence-corrected chi connectivity index (χ3v) is 4.34. The molecule has 1 aliphatic rings. The summed E-state index contributed by atoms with van der Waals surface area (Å²) in [5.41, 5.74) is 2.54. The molecule has 0 unspecified atom stereocenters. The molecule has 0 saturated carbocycles. The van der Waals surface area contributed by atoms with Crippen LogP contribution in [0, 0.1) is 6.92 Å². The molecule has 1 N–H and O–H groups in total. The quantitative estimate of drug-likeness (QED) is 0.757. The van der Waals surface area contributed by atoms with Gasteiger partial charge in [-0.1, -0.05) is 12.1 Å². The fourth-order valence-corrected chi connectivity index (χ4v) is 3.00. The van der Waals surface area contributed by atoms with Gasteiger partial charge in [-0.25, -0.2) is 4.79 Å². The van der Waals surface area contributed by atoms with Crippen molar-refractivity contribution < 1.29 is 23.9 Å². The first-order valence-corrected chi connectivity index (χ1v) is 9.48. The van der Waals surface area contributed by atoms with Gasteiger partial charge in [0.25, 0.3) is 5.91 Å². The lowest BCUT2D eigenvalue weighted by molar-refractivity contribution is -0.121. The van der Waals surface area contributed by atoms with Crippen molar-refractivity contribution in [1.82, 2.24) is 0 Å². The first-order chi connectivity index (χ1) is 13.8. The molecule has 7 heteroatoms. The number of anilines is 2. The normalized spacial score (nSPS) is 13.0. The van der Waals surface area contributed by atoms with Crippen LogP contribution in [-0.4, -0.2) is 37.0 Å². The number of nitrogens with one attached hydrogen (secondary N) is 1. The number of carbonyl (C=O) groups excluding carboxylic acids is 3. The van der Waals surface area contributed by atoms with Crippen LogP contribution in [0.5, 0.6) is 5.75 Å². The highest BCUT2D eigenvalue weighted by Crippen LogP contribution is 2.32. The van der Waals surface area contributed by atoms with Gasteiger partial charge in [-0.3, -0.25) is 9.59 Å². The van der Waals surface area contributed by atoms with Gasteiger partial charge in [0.1, 0.15) is 5.75 Å². The summed E-state index contributed by atoms with van der Waals surface area (Å²) in [6, 6.07) is 12.2. The molecular weight excluding hydrogens is 372 g/mol. The minimum atomic E-state index is -0.443. The van der Waals surface area contributed by atoms with E-state index in [4.69, 9.17) is 9.47 Å². The molecule has 3 rings (SSSR count). The molecule has 2 aromatic rings. The Balaban J connectivity index is 1.63. The van der Waals surface area contributed by atoms with E-state index in [-0.39, 0.29) is 37.5 Å². The Morgan fingerprint density at radius 2 is 2.00 bits per heavy atom. The van der Waals surface area contributed by atoms with Crippen LogP contribution in [0.25, 0.3) is 0 Å². The van der Waals surface area contributed by atoms with Crippen LogP contribution >= 0.6 is 0 Å². The second kappa shape index (κ2) is 8.77. The zero-order valence-corrected chi connectivity index (χ0v) is 16.7. The number of fused-ring (bicyclic) bond motifs is 1. The average molecular weight is 396 g/mol. The van der Waals surface area contributed by atoms with Gasteiger partial charge in [0.05, 0.1) is 17.4 Å². The van der Waals surface area contributed by atoms with E-state index in [0.29, 0.717) is 22.7 Å². The predicted molar refractivity (Wildman–Crippen MR) is 109 cm³/mol. The zero-order valence-electron chi connectivity index (χ0n) is 16.7. The maximum absolute atomic E-state index is 12.4. The molecule has 7 nitrogen and oxygen atoms in total. The molecule has 1 heterocycles. The Hall–Kier alpha value is -3.35. The number of benzene rings is 2. The van der Waals surface area contributed by atoms with E-state index in [0.717, 1.165) is 5.56 Å². The van der Waals surface area contributed by atoms with Crippen molar-refractivity contribution >= 4 is 29.2 Å². The second-order valence-electron chi connectivity index (χ2n) is 7.14. The van der Waals surface area contributed by atoms with Crippen molar-refractivity contribution in [2.24, 2.45) is 0 Å². The lowest BCUT2D eigenvalue weighted by atomic mass is 10.1. The van der Waals surface area contributed by atoms with Gasteiger partial charge in [-0.2, -0.15) is 0 Å². The highest BCUT2D eigenvalue weighted by molar-refractivity contribution is 5.99. The lowest BCUT2D eigenvalue weighted by Crippen LogP contribution is -2.40. The fourth-order valence-electron chi connectivity index (χ4n) is 3.00. The van der Waals surface area contributed by atoms with Crippen LogP contribution in [0.2, 0.25) is 0 Å². The highest BCUT2D eigenvalue weighted by Gasteiger charge is 2.26. The maximum atomic E-state index is 12.4. The van der Waals surface area contributed by atoms with Crippen LogP contribution in [-0.2, 0) is 14.3 Å². The van der Waals surface area contributed by atoms with Crippen LogP contribution in [0.4, 0.5) is 11.4 Å². The molecule has 29 heavy (non-hydrogen) atoms. The monoisotopic (exact) mass is 396 g/mol. The molecule has 0 bridgehead atoms. The van der Waals surface area contributed by atoms with E-state index >= 15 is 0 Å². The van der Waals surface area contributed by atoms with Crippen LogP contribution in [0.3, 0.4) is 0 Å². The summed E-state index contributed by atoms with van der Waals surface area (Å²) in [5, 5.41) is 2.76. The van der Waals surface area contributed by atoms with Crippen molar-refractivity contribution in [3.8, 4) is 5.75 Å². The molecule has 2 amide bonds. The van der Waals surface area contributed by atoms with Gasteiger partial charge in [0, 0.05) is 18.7 Å². The number of aryl methyl sites for hydroxylation is 1. The van der Waals surface area contributed by atoms with E-state index in [1.165, 1.54) is 0 Å². The van der Waals surface area contributed by atoms with E-state index < -0.39 is 5.97 Å². The highest BCUT2D eigenvalue weighted by atomic mass is 16.5. The number of amides is 2. The number of ether oxygens (including phenoxy) is 2. The molecule has 0 atom stereocenters. The van der Waals surface area contributed by atoms with Gasteiger partial charge in [0.15, 0.2) is 6.61 Å². The zero-order chi connectivity index (χ0) is 21.0. The third kappa shape index (κ3) is 5.13. The van der Waals surface area contributed by atoms with E-state index in [1.807, 2.05) is 25.1 Å². The average Bonchev–Trinajstić information content (AvgIpc) is 2.67. The SMILES string of the molecule is Cc1ccc2c(c1)N(CCC(=O)Nc1cccc(C(=O)OC(C)C)c1)C(=O)CO2. The minimum absolute atomic E-state index is 0.0440. The van der Waals surface area contributed by atoms with Crippen molar-refractivity contribution in [3.05, 3.63) is 53.6 Å².